The topological polar surface area (TPSA) is 27.8 Å². The largest absolute Gasteiger partial charge is 0.361 e. The van der Waals surface area contributed by atoms with Crippen molar-refractivity contribution in [3.63, 3.8) is 0 Å². The molecule has 106 valence electrons. The third-order valence-corrected chi connectivity index (χ3v) is 4.40. The summed E-state index contributed by atoms with van der Waals surface area (Å²) in [5, 5.41) is 5.04. The first kappa shape index (κ1) is 12.7. The number of benzene rings is 2. The van der Waals surface area contributed by atoms with Crippen LogP contribution in [0.2, 0.25) is 0 Å². The Morgan fingerprint density at radius 2 is 1.90 bits per heavy atom. The summed E-state index contributed by atoms with van der Waals surface area (Å²) in [6.07, 6.45) is 4.70. The minimum absolute atomic E-state index is 0.491. The quantitative estimate of drug-likeness (QED) is 0.710. The number of hydrogen-bond donors (Lipinski definition) is 2. The predicted octanol–water partition coefficient (Wildman–Crippen LogP) is 4.41. The fourth-order valence-electron chi connectivity index (χ4n) is 3.08. The van der Waals surface area contributed by atoms with Gasteiger partial charge in [-0.1, -0.05) is 42.5 Å². The second-order valence-corrected chi connectivity index (χ2v) is 6.01. The minimum Gasteiger partial charge on any atom is -0.361 e. The summed E-state index contributed by atoms with van der Waals surface area (Å²) >= 11 is 0. The molecule has 0 radical (unpaired) electrons. The van der Waals surface area contributed by atoms with Crippen LogP contribution in [0.25, 0.3) is 10.9 Å². The Morgan fingerprint density at radius 1 is 1.05 bits per heavy atom. The number of H-pyrrole nitrogens is 1. The van der Waals surface area contributed by atoms with Gasteiger partial charge >= 0.3 is 0 Å². The Bertz CT molecular complexity index is 725. The molecule has 1 fully saturated rings. The molecule has 0 spiro atoms. The van der Waals surface area contributed by atoms with Crippen molar-refractivity contribution in [2.24, 2.45) is 5.92 Å². The van der Waals surface area contributed by atoms with Crippen LogP contribution in [0.4, 0.5) is 0 Å². The van der Waals surface area contributed by atoms with Crippen LogP contribution < -0.4 is 5.32 Å². The summed E-state index contributed by atoms with van der Waals surface area (Å²) in [6, 6.07) is 20.1. The number of hydrogen-bond acceptors (Lipinski definition) is 1. The van der Waals surface area contributed by atoms with E-state index in [9.17, 15) is 0 Å². The average molecular weight is 276 g/mol. The second kappa shape index (κ2) is 5.38. The highest BCUT2D eigenvalue weighted by Gasteiger charge is 2.31. The second-order valence-electron chi connectivity index (χ2n) is 6.01. The molecule has 2 heteroatoms. The molecule has 0 aliphatic heterocycles. The lowest BCUT2D eigenvalue weighted by Crippen LogP contribution is -2.22. The molecule has 2 nitrogen and oxygen atoms in total. The number of aromatic nitrogens is 1. The Morgan fingerprint density at radius 3 is 2.71 bits per heavy atom. The van der Waals surface area contributed by atoms with Crippen LogP contribution in [0.5, 0.6) is 0 Å². The summed E-state index contributed by atoms with van der Waals surface area (Å²) in [5.41, 5.74) is 3.98. The molecule has 0 saturated heterocycles. The van der Waals surface area contributed by atoms with Crippen molar-refractivity contribution in [3.8, 4) is 0 Å². The van der Waals surface area contributed by atoms with E-state index >= 15 is 0 Å². The highest BCUT2D eigenvalue weighted by molar-refractivity contribution is 5.79. The van der Waals surface area contributed by atoms with Crippen molar-refractivity contribution in [1.29, 1.82) is 0 Å². The van der Waals surface area contributed by atoms with Gasteiger partial charge in [0.05, 0.1) is 0 Å². The Kier molecular flexibility index (Phi) is 3.24. The van der Waals surface area contributed by atoms with Gasteiger partial charge in [0.15, 0.2) is 0 Å². The van der Waals surface area contributed by atoms with E-state index in [4.69, 9.17) is 0 Å². The van der Waals surface area contributed by atoms with E-state index in [-0.39, 0.29) is 0 Å². The van der Waals surface area contributed by atoms with Gasteiger partial charge in [0, 0.05) is 24.3 Å². The first-order valence-electron chi connectivity index (χ1n) is 7.74. The fraction of sp³-hybridized carbons (Fsp3) is 0.263. The standard InChI is InChI=1S/C19H20N2/c1-2-4-16(5-3-1)19(17-8-9-17)21-13-14-6-7-15-10-11-20-18(15)12-14/h1-7,10-12,17,19-21H,8-9,13H2. The summed E-state index contributed by atoms with van der Waals surface area (Å²) < 4.78 is 0. The normalized spacial score (nSPS) is 16.2. The lowest BCUT2D eigenvalue weighted by Gasteiger charge is -2.19. The maximum Gasteiger partial charge on any atom is 0.0457 e. The van der Waals surface area contributed by atoms with E-state index in [1.807, 2.05) is 6.20 Å². The van der Waals surface area contributed by atoms with Gasteiger partial charge in [0.1, 0.15) is 0 Å². The van der Waals surface area contributed by atoms with Gasteiger partial charge in [0.2, 0.25) is 0 Å². The molecule has 3 aromatic rings. The molecule has 0 amide bonds. The third-order valence-electron chi connectivity index (χ3n) is 4.40. The molecule has 1 saturated carbocycles. The van der Waals surface area contributed by atoms with Crippen molar-refractivity contribution in [2.45, 2.75) is 25.4 Å². The molecule has 21 heavy (non-hydrogen) atoms. The first-order valence-corrected chi connectivity index (χ1v) is 7.74. The van der Waals surface area contributed by atoms with Gasteiger partial charge in [-0.25, -0.2) is 0 Å². The van der Waals surface area contributed by atoms with Crippen LogP contribution >= 0.6 is 0 Å². The van der Waals surface area contributed by atoms with Gasteiger partial charge in [-0.15, -0.1) is 0 Å². The average Bonchev–Trinajstić information content (AvgIpc) is 3.25. The van der Waals surface area contributed by atoms with E-state index < -0.39 is 0 Å². The number of aromatic amines is 1. The fourth-order valence-corrected chi connectivity index (χ4v) is 3.08. The SMILES string of the molecule is c1ccc(C(NCc2ccc3cc[nH]c3c2)C2CC2)cc1. The molecule has 4 rings (SSSR count). The molecule has 1 aromatic heterocycles. The predicted molar refractivity (Wildman–Crippen MR) is 87.0 cm³/mol. The van der Waals surface area contributed by atoms with Crippen LogP contribution in [0, 0.1) is 5.92 Å². The minimum atomic E-state index is 0.491. The van der Waals surface area contributed by atoms with Gasteiger partial charge in [-0.3, -0.25) is 0 Å². The van der Waals surface area contributed by atoms with Gasteiger partial charge in [-0.2, -0.15) is 0 Å². The Balaban J connectivity index is 1.51. The van der Waals surface area contributed by atoms with Crippen LogP contribution in [-0.4, -0.2) is 4.98 Å². The molecule has 1 atom stereocenters. The molecule has 2 aromatic carbocycles. The molecule has 1 heterocycles. The highest BCUT2D eigenvalue weighted by Crippen LogP contribution is 2.41. The van der Waals surface area contributed by atoms with Crippen LogP contribution in [-0.2, 0) is 6.54 Å². The van der Waals surface area contributed by atoms with Gasteiger partial charge in [-0.05, 0) is 47.4 Å². The zero-order valence-electron chi connectivity index (χ0n) is 12.0. The van der Waals surface area contributed by atoms with E-state index in [0.717, 1.165) is 12.5 Å². The van der Waals surface area contributed by atoms with E-state index in [1.54, 1.807) is 0 Å². The molecular formula is C19H20N2. The summed E-state index contributed by atoms with van der Waals surface area (Å²) in [4.78, 5) is 3.29. The van der Waals surface area contributed by atoms with Crippen molar-refractivity contribution in [1.82, 2.24) is 10.3 Å². The van der Waals surface area contributed by atoms with Crippen LogP contribution in [0.3, 0.4) is 0 Å². The number of rotatable bonds is 5. The number of nitrogens with one attached hydrogen (secondary N) is 2. The molecule has 2 N–H and O–H groups in total. The van der Waals surface area contributed by atoms with Gasteiger partial charge < -0.3 is 10.3 Å². The van der Waals surface area contributed by atoms with Crippen LogP contribution in [0.15, 0.2) is 60.8 Å². The lowest BCUT2D eigenvalue weighted by atomic mass is 10.0. The molecule has 0 bridgehead atoms. The van der Waals surface area contributed by atoms with E-state index in [0.29, 0.717) is 6.04 Å². The van der Waals surface area contributed by atoms with Crippen molar-refractivity contribution in [3.05, 3.63) is 71.9 Å². The van der Waals surface area contributed by atoms with Crippen LogP contribution in [0.1, 0.15) is 30.0 Å². The molecular weight excluding hydrogens is 256 g/mol. The summed E-state index contributed by atoms with van der Waals surface area (Å²) in [5.74, 6) is 0.807. The monoisotopic (exact) mass is 276 g/mol. The van der Waals surface area contributed by atoms with Gasteiger partial charge in [0.25, 0.3) is 0 Å². The number of fused-ring (bicyclic) bond motifs is 1. The highest BCUT2D eigenvalue weighted by atomic mass is 14.9. The van der Waals surface area contributed by atoms with Crippen molar-refractivity contribution in [2.75, 3.05) is 0 Å². The third kappa shape index (κ3) is 2.72. The molecule has 1 aliphatic rings. The lowest BCUT2D eigenvalue weighted by molar-refractivity contribution is 0.480. The Hall–Kier alpha value is -2.06. The first-order chi connectivity index (χ1) is 10.4. The molecule has 1 unspecified atom stereocenters. The Labute approximate surface area is 125 Å². The summed E-state index contributed by atoms with van der Waals surface area (Å²) in [7, 11) is 0. The zero-order valence-corrected chi connectivity index (χ0v) is 12.0. The molecule has 1 aliphatic carbocycles. The van der Waals surface area contributed by atoms with Crippen molar-refractivity contribution < 1.29 is 0 Å². The van der Waals surface area contributed by atoms with Crippen molar-refractivity contribution >= 4 is 10.9 Å². The van der Waals surface area contributed by atoms with E-state index in [2.05, 4.69) is 64.9 Å². The maximum atomic E-state index is 3.76. The zero-order chi connectivity index (χ0) is 14.1. The maximum absolute atomic E-state index is 3.76. The smallest absolute Gasteiger partial charge is 0.0457 e. The summed E-state index contributed by atoms with van der Waals surface area (Å²) in [6.45, 7) is 0.922. The van der Waals surface area contributed by atoms with E-state index in [1.165, 1.54) is 34.9 Å².